The molecule has 1 atom stereocenters. The fraction of sp³-hybridized carbons (Fsp3) is 0.514. The van der Waals surface area contributed by atoms with Gasteiger partial charge < -0.3 is 35.1 Å². The Kier molecular flexibility index (Phi) is 9.86. The Balaban J connectivity index is 1.02. The number of H-pyrrole nitrogens is 1. The first-order valence-electron chi connectivity index (χ1n) is 17.8. The highest BCUT2D eigenvalue weighted by Crippen LogP contribution is 2.26. The molecule has 4 amide bonds. The van der Waals surface area contributed by atoms with Gasteiger partial charge in [0, 0.05) is 89.2 Å². The Morgan fingerprint density at radius 1 is 0.857 bits per heavy atom. The van der Waals surface area contributed by atoms with E-state index in [0.29, 0.717) is 51.6 Å². The van der Waals surface area contributed by atoms with Gasteiger partial charge in [0.2, 0.25) is 5.56 Å². The number of rotatable bonds is 6. The van der Waals surface area contributed by atoms with Crippen LogP contribution in [0.3, 0.4) is 0 Å². The number of likely N-dealkylation sites (tertiary alicyclic amines) is 2. The number of urea groups is 1. The maximum absolute atomic E-state index is 14.1. The third kappa shape index (κ3) is 7.45. The van der Waals surface area contributed by atoms with Gasteiger partial charge in [0.25, 0.3) is 5.91 Å². The van der Waals surface area contributed by atoms with Crippen molar-refractivity contribution < 1.29 is 19.1 Å². The summed E-state index contributed by atoms with van der Waals surface area (Å²) in [6.45, 7) is 8.74. The number of nitrogens with zero attached hydrogens (tertiary/aromatic N) is 4. The second-order valence-corrected chi connectivity index (χ2v) is 13.9. The summed E-state index contributed by atoms with van der Waals surface area (Å²) in [7, 11) is 0. The predicted octanol–water partition coefficient (Wildman–Crippen LogP) is 3.34. The SMILES string of the molecule is Cc1cc(C[C@@H](OC(=O)N2CCC(N3CCc4ccccc4NC3=O)CC2)C(=O)N2CCC(N3CCNCC3)CC2)cc2ccc(=O)[nH]c12. The van der Waals surface area contributed by atoms with E-state index in [4.69, 9.17) is 4.74 Å². The molecule has 5 heterocycles. The summed E-state index contributed by atoms with van der Waals surface area (Å²) in [5.41, 5.74) is 4.33. The molecule has 3 aromatic rings. The molecule has 4 aliphatic rings. The Morgan fingerprint density at radius 2 is 1.57 bits per heavy atom. The highest BCUT2D eigenvalue weighted by molar-refractivity contribution is 5.91. The molecule has 1 aromatic heterocycles. The number of piperazine rings is 1. The minimum absolute atomic E-state index is 0.0137. The van der Waals surface area contributed by atoms with Gasteiger partial charge in [-0.3, -0.25) is 14.5 Å². The fourth-order valence-electron chi connectivity index (χ4n) is 8.03. The lowest BCUT2D eigenvalue weighted by Crippen LogP contribution is -2.54. The Labute approximate surface area is 286 Å². The molecule has 260 valence electrons. The Morgan fingerprint density at radius 3 is 2.35 bits per heavy atom. The molecule has 0 aliphatic carbocycles. The molecule has 3 N–H and O–H groups in total. The van der Waals surface area contributed by atoms with Crippen LogP contribution in [0.2, 0.25) is 0 Å². The maximum Gasteiger partial charge on any atom is 0.410 e. The van der Waals surface area contributed by atoms with Crippen LogP contribution in [0.5, 0.6) is 0 Å². The zero-order chi connectivity index (χ0) is 33.9. The lowest BCUT2D eigenvalue weighted by Gasteiger charge is -2.41. The minimum Gasteiger partial charge on any atom is -0.436 e. The normalized spacial score (nSPS) is 20.4. The molecule has 4 aliphatic heterocycles. The highest BCUT2D eigenvalue weighted by Gasteiger charge is 2.36. The number of carbonyl (C=O) groups excluding carboxylic acids is 3. The van der Waals surface area contributed by atoms with Crippen molar-refractivity contribution >= 4 is 34.6 Å². The number of nitrogens with one attached hydrogen (secondary N) is 3. The number of hydrogen-bond donors (Lipinski definition) is 3. The average molecular weight is 670 g/mol. The molecular formula is C37H47N7O5. The molecular weight excluding hydrogens is 622 g/mol. The molecule has 2 aromatic carbocycles. The van der Waals surface area contributed by atoms with Crippen molar-refractivity contribution in [2.24, 2.45) is 0 Å². The number of carbonyl (C=O) groups is 3. The van der Waals surface area contributed by atoms with E-state index in [2.05, 4.69) is 20.5 Å². The minimum atomic E-state index is -0.976. The van der Waals surface area contributed by atoms with E-state index >= 15 is 0 Å². The van der Waals surface area contributed by atoms with Gasteiger partial charge >= 0.3 is 12.1 Å². The van der Waals surface area contributed by atoms with Crippen LogP contribution in [0.15, 0.2) is 53.3 Å². The summed E-state index contributed by atoms with van der Waals surface area (Å²) in [6, 6.07) is 15.4. The van der Waals surface area contributed by atoms with Crippen LogP contribution < -0.4 is 16.2 Å². The lowest BCUT2D eigenvalue weighted by atomic mass is 9.99. The Hall–Kier alpha value is -4.42. The topological polar surface area (TPSA) is 130 Å². The van der Waals surface area contributed by atoms with Crippen LogP contribution in [-0.4, -0.2) is 120 Å². The van der Waals surface area contributed by atoms with Crippen molar-refractivity contribution in [2.75, 3.05) is 64.2 Å². The number of para-hydroxylation sites is 1. The summed E-state index contributed by atoms with van der Waals surface area (Å²) in [5, 5.41) is 7.33. The molecule has 0 spiro atoms. The van der Waals surface area contributed by atoms with Crippen LogP contribution in [0.25, 0.3) is 10.9 Å². The Bertz CT molecular complexity index is 1740. The van der Waals surface area contributed by atoms with E-state index in [-0.39, 0.29) is 30.0 Å². The van der Waals surface area contributed by atoms with Gasteiger partial charge in [-0.1, -0.05) is 24.3 Å². The van der Waals surface area contributed by atoms with Crippen molar-refractivity contribution in [3.05, 3.63) is 75.6 Å². The average Bonchev–Trinajstić information content (AvgIpc) is 3.30. The second kappa shape index (κ2) is 14.6. The fourth-order valence-corrected chi connectivity index (χ4v) is 8.03. The molecule has 12 nitrogen and oxygen atoms in total. The summed E-state index contributed by atoms with van der Waals surface area (Å²) in [5.74, 6) is -0.165. The number of ether oxygens (including phenoxy) is 1. The van der Waals surface area contributed by atoms with Gasteiger partial charge in [-0.2, -0.15) is 0 Å². The van der Waals surface area contributed by atoms with Crippen LogP contribution in [0.1, 0.15) is 42.4 Å². The number of hydrogen-bond acceptors (Lipinski definition) is 7. The van der Waals surface area contributed by atoms with Crippen molar-refractivity contribution in [2.45, 2.75) is 63.6 Å². The predicted molar refractivity (Wildman–Crippen MR) is 188 cm³/mol. The smallest absolute Gasteiger partial charge is 0.410 e. The zero-order valence-corrected chi connectivity index (χ0v) is 28.3. The molecule has 49 heavy (non-hydrogen) atoms. The standard InChI is InChI=1S/C37H47N7O5/c1-25-22-26(23-28-6-7-33(45)40-34(25)28)24-32(35(46)42-15-9-29(10-16-42)41-20-13-38-14-21-41)49-37(48)43-17-11-30(12-18-43)44-19-8-27-4-2-3-5-31(27)39-36(44)47/h2-7,22-23,29-30,32,38H,8-21,24H2,1H3,(H,39,47)(H,40,45)/t32-/m1/s1. The van der Waals surface area contributed by atoms with E-state index in [1.807, 2.05) is 53.1 Å². The number of amides is 4. The summed E-state index contributed by atoms with van der Waals surface area (Å²) in [4.78, 5) is 63.7. The number of pyridine rings is 1. The van der Waals surface area contributed by atoms with Gasteiger partial charge in [0.05, 0.1) is 5.52 Å². The number of piperidine rings is 2. The molecule has 0 unspecified atom stereocenters. The summed E-state index contributed by atoms with van der Waals surface area (Å²) >= 11 is 0. The second-order valence-electron chi connectivity index (χ2n) is 13.9. The van der Waals surface area contributed by atoms with Crippen LogP contribution in [0.4, 0.5) is 15.3 Å². The van der Waals surface area contributed by atoms with Crippen molar-refractivity contribution in [1.82, 2.24) is 29.9 Å². The largest absolute Gasteiger partial charge is 0.436 e. The van der Waals surface area contributed by atoms with Crippen molar-refractivity contribution in [1.29, 1.82) is 0 Å². The van der Waals surface area contributed by atoms with Crippen LogP contribution in [0, 0.1) is 6.92 Å². The number of benzene rings is 2. The third-order valence-electron chi connectivity index (χ3n) is 10.8. The van der Waals surface area contributed by atoms with E-state index < -0.39 is 12.2 Å². The third-order valence-corrected chi connectivity index (χ3v) is 10.8. The first-order chi connectivity index (χ1) is 23.8. The number of aryl methyl sites for hydroxylation is 1. The number of fused-ring (bicyclic) bond motifs is 2. The van der Waals surface area contributed by atoms with Gasteiger partial charge in [0.15, 0.2) is 6.10 Å². The summed E-state index contributed by atoms with van der Waals surface area (Å²) < 4.78 is 6.11. The van der Waals surface area contributed by atoms with Gasteiger partial charge in [0.1, 0.15) is 0 Å². The molecule has 3 fully saturated rings. The molecule has 0 saturated carbocycles. The van der Waals surface area contributed by atoms with E-state index in [1.165, 1.54) is 6.07 Å². The maximum atomic E-state index is 14.1. The van der Waals surface area contributed by atoms with Crippen molar-refractivity contribution in [3.8, 4) is 0 Å². The molecule has 3 saturated heterocycles. The number of aromatic nitrogens is 1. The first kappa shape index (κ1) is 33.1. The van der Waals surface area contributed by atoms with Crippen LogP contribution in [-0.2, 0) is 22.4 Å². The van der Waals surface area contributed by atoms with E-state index in [9.17, 15) is 19.2 Å². The molecule has 7 rings (SSSR count). The highest BCUT2D eigenvalue weighted by atomic mass is 16.6. The quantitative estimate of drug-likeness (QED) is 0.367. The molecule has 0 bridgehead atoms. The van der Waals surface area contributed by atoms with Gasteiger partial charge in [-0.15, -0.1) is 0 Å². The number of anilines is 1. The monoisotopic (exact) mass is 669 g/mol. The van der Waals surface area contributed by atoms with Crippen molar-refractivity contribution in [3.63, 3.8) is 0 Å². The van der Waals surface area contributed by atoms with Gasteiger partial charge in [-0.05, 0) is 79.3 Å². The number of aromatic amines is 1. The summed E-state index contributed by atoms with van der Waals surface area (Å²) in [6.07, 6.45) is 2.62. The molecule has 12 heteroatoms. The lowest BCUT2D eigenvalue weighted by molar-refractivity contribution is -0.142. The zero-order valence-electron chi connectivity index (χ0n) is 28.3. The van der Waals surface area contributed by atoms with Crippen LogP contribution >= 0.6 is 0 Å². The first-order valence-corrected chi connectivity index (χ1v) is 17.8. The van der Waals surface area contributed by atoms with E-state index in [0.717, 1.165) is 78.7 Å². The van der Waals surface area contributed by atoms with Gasteiger partial charge in [-0.25, -0.2) is 9.59 Å². The van der Waals surface area contributed by atoms with E-state index in [1.54, 1.807) is 11.0 Å². The molecule has 0 radical (unpaired) electrons.